The highest BCUT2D eigenvalue weighted by atomic mass is 16.5. The molecule has 0 aromatic heterocycles. The molecule has 2 nitrogen and oxygen atoms in total. The van der Waals surface area contributed by atoms with Gasteiger partial charge in [0.2, 0.25) is 0 Å². The summed E-state index contributed by atoms with van der Waals surface area (Å²) in [6.07, 6.45) is 1.08. The van der Waals surface area contributed by atoms with Gasteiger partial charge < -0.3 is 9.84 Å². The van der Waals surface area contributed by atoms with Gasteiger partial charge in [-0.25, -0.2) is 0 Å². The first-order valence-electron chi connectivity index (χ1n) is 5.77. The Labute approximate surface area is 99.3 Å². The van der Waals surface area contributed by atoms with E-state index in [0.29, 0.717) is 12.5 Å². The van der Waals surface area contributed by atoms with E-state index in [1.54, 1.807) is 7.11 Å². The Kier molecular flexibility index (Phi) is 7.65. The Morgan fingerprint density at radius 3 is 2.25 bits per heavy atom. The molecule has 92 valence electrons. The number of ether oxygens (including phenoxy) is 1. The zero-order valence-electron chi connectivity index (χ0n) is 11.1. The van der Waals surface area contributed by atoms with E-state index in [1.807, 2.05) is 26.0 Å². The fourth-order valence-electron chi connectivity index (χ4n) is 1.16. The predicted molar refractivity (Wildman–Crippen MR) is 69.0 cm³/mol. The first-order valence-corrected chi connectivity index (χ1v) is 5.77. The summed E-state index contributed by atoms with van der Waals surface area (Å²) in [4.78, 5) is 0. The van der Waals surface area contributed by atoms with Gasteiger partial charge in [-0.15, -0.1) is 0 Å². The Hall–Kier alpha value is -1.02. The summed E-state index contributed by atoms with van der Waals surface area (Å²) in [5, 5.41) is 8.33. The standard InChI is InChI=1S/C9H12O.C5H12O/c1-7-4-5-9(10-3)8(2)6-7;1-3-5(2)4-6/h4-6H,1-3H3;5-6H,3-4H2,1-2H3. The molecule has 0 saturated carbocycles. The van der Waals surface area contributed by atoms with Gasteiger partial charge in [0.15, 0.2) is 0 Å². The molecule has 0 bridgehead atoms. The zero-order chi connectivity index (χ0) is 12.6. The number of hydrogen-bond acceptors (Lipinski definition) is 2. The van der Waals surface area contributed by atoms with Crippen LogP contribution < -0.4 is 4.74 Å². The Bertz CT molecular complexity index is 291. The lowest BCUT2D eigenvalue weighted by Gasteiger charge is -2.03. The predicted octanol–water partition coefficient (Wildman–Crippen LogP) is 3.34. The molecule has 1 atom stereocenters. The normalized spacial score (nSPS) is 11.4. The molecule has 0 aliphatic carbocycles. The third kappa shape index (κ3) is 5.76. The summed E-state index contributed by atoms with van der Waals surface area (Å²) in [5.74, 6) is 1.45. The van der Waals surface area contributed by atoms with Crippen molar-refractivity contribution in [2.24, 2.45) is 5.92 Å². The fraction of sp³-hybridized carbons (Fsp3) is 0.571. The van der Waals surface area contributed by atoms with E-state index < -0.39 is 0 Å². The van der Waals surface area contributed by atoms with Crippen LogP contribution in [0.4, 0.5) is 0 Å². The van der Waals surface area contributed by atoms with Crippen molar-refractivity contribution in [2.45, 2.75) is 34.1 Å². The molecule has 0 amide bonds. The van der Waals surface area contributed by atoms with Gasteiger partial charge in [-0.2, -0.15) is 0 Å². The van der Waals surface area contributed by atoms with Gasteiger partial charge in [0.25, 0.3) is 0 Å². The number of methoxy groups -OCH3 is 1. The molecule has 1 N–H and O–H groups in total. The molecule has 0 aliphatic rings. The van der Waals surface area contributed by atoms with Crippen LogP contribution in [0.15, 0.2) is 18.2 Å². The van der Waals surface area contributed by atoms with Crippen molar-refractivity contribution in [3.63, 3.8) is 0 Å². The monoisotopic (exact) mass is 224 g/mol. The number of aliphatic hydroxyl groups excluding tert-OH is 1. The maximum Gasteiger partial charge on any atom is 0.121 e. The van der Waals surface area contributed by atoms with Crippen molar-refractivity contribution < 1.29 is 9.84 Å². The molecule has 0 aliphatic heterocycles. The van der Waals surface area contributed by atoms with Crippen LogP contribution >= 0.6 is 0 Å². The van der Waals surface area contributed by atoms with E-state index in [9.17, 15) is 0 Å². The molecule has 1 aromatic rings. The second kappa shape index (κ2) is 8.17. The summed E-state index contributed by atoms with van der Waals surface area (Å²) >= 11 is 0. The maximum atomic E-state index is 8.33. The van der Waals surface area contributed by atoms with Crippen molar-refractivity contribution in [3.8, 4) is 5.75 Å². The highest BCUT2D eigenvalue weighted by Crippen LogP contribution is 2.17. The highest BCUT2D eigenvalue weighted by Gasteiger charge is 1.94. The van der Waals surface area contributed by atoms with E-state index in [4.69, 9.17) is 9.84 Å². The summed E-state index contributed by atoms with van der Waals surface area (Å²) in [6, 6.07) is 6.15. The van der Waals surface area contributed by atoms with Gasteiger partial charge in [0.05, 0.1) is 7.11 Å². The molecule has 0 saturated heterocycles. The van der Waals surface area contributed by atoms with Crippen LogP contribution in [0.5, 0.6) is 5.75 Å². The molecule has 2 heteroatoms. The lowest BCUT2D eigenvalue weighted by Crippen LogP contribution is -1.96. The topological polar surface area (TPSA) is 29.5 Å². The van der Waals surface area contributed by atoms with Gasteiger partial charge >= 0.3 is 0 Å². The second-order valence-electron chi connectivity index (χ2n) is 4.17. The van der Waals surface area contributed by atoms with E-state index in [1.165, 1.54) is 11.1 Å². The summed E-state index contributed by atoms with van der Waals surface area (Å²) in [6.45, 7) is 8.55. The van der Waals surface area contributed by atoms with Crippen molar-refractivity contribution in [1.29, 1.82) is 0 Å². The van der Waals surface area contributed by atoms with Crippen molar-refractivity contribution in [3.05, 3.63) is 29.3 Å². The van der Waals surface area contributed by atoms with Crippen LogP contribution in [0.1, 0.15) is 31.4 Å². The lowest BCUT2D eigenvalue weighted by molar-refractivity contribution is 0.234. The first kappa shape index (κ1) is 15.0. The third-order valence-corrected chi connectivity index (χ3v) is 2.56. The summed E-state index contributed by atoms with van der Waals surface area (Å²) in [7, 11) is 1.69. The first-order chi connectivity index (χ1) is 7.54. The van der Waals surface area contributed by atoms with E-state index in [-0.39, 0.29) is 0 Å². The average Bonchev–Trinajstić information content (AvgIpc) is 2.29. The minimum atomic E-state index is 0.330. The van der Waals surface area contributed by atoms with Crippen LogP contribution in [-0.4, -0.2) is 18.8 Å². The number of benzene rings is 1. The minimum Gasteiger partial charge on any atom is -0.496 e. The summed E-state index contributed by atoms with van der Waals surface area (Å²) < 4.78 is 5.10. The SMILES string of the molecule is CCC(C)CO.COc1ccc(C)cc1C. The number of aryl methyl sites for hydroxylation is 2. The van der Waals surface area contributed by atoms with Gasteiger partial charge in [-0.05, 0) is 31.4 Å². The minimum absolute atomic E-state index is 0.330. The molecule has 0 radical (unpaired) electrons. The van der Waals surface area contributed by atoms with Gasteiger partial charge in [-0.3, -0.25) is 0 Å². The summed E-state index contributed by atoms with van der Waals surface area (Å²) in [5.41, 5.74) is 2.47. The second-order valence-corrected chi connectivity index (χ2v) is 4.17. The van der Waals surface area contributed by atoms with Crippen LogP contribution in [-0.2, 0) is 0 Å². The van der Waals surface area contributed by atoms with Gasteiger partial charge in [0, 0.05) is 6.61 Å². The van der Waals surface area contributed by atoms with Crippen LogP contribution in [0.3, 0.4) is 0 Å². The number of aliphatic hydroxyl groups is 1. The van der Waals surface area contributed by atoms with Gasteiger partial charge in [-0.1, -0.05) is 38.0 Å². The van der Waals surface area contributed by atoms with Crippen molar-refractivity contribution in [2.75, 3.05) is 13.7 Å². The zero-order valence-corrected chi connectivity index (χ0v) is 11.1. The highest BCUT2D eigenvalue weighted by molar-refractivity contribution is 5.35. The molecule has 0 spiro atoms. The van der Waals surface area contributed by atoms with Crippen molar-refractivity contribution >= 4 is 0 Å². The molecular formula is C14H24O2. The van der Waals surface area contributed by atoms with Crippen LogP contribution in [0, 0.1) is 19.8 Å². The Morgan fingerprint density at radius 1 is 1.31 bits per heavy atom. The number of rotatable bonds is 3. The maximum absolute atomic E-state index is 8.33. The molecular weight excluding hydrogens is 200 g/mol. The van der Waals surface area contributed by atoms with Crippen LogP contribution in [0.2, 0.25) is 0 Å². The molecule has 1 rings (SSSR count). The number of hydrogen-bond donors (Lipinski definition) is 1. The Balaban J connectivity index is 0.000000325. The molecule has 16 heavy (non-hydrogen) atoms. The van der Waals surface area contributed by atoms with E-state index in [0.717, 1.165) is 12.2 Å². The molecule has 0 heterocycles. The molecule has 1 unspecified atom stereocenters. The third-order valence-electron chi connectivity index (χ3n) is 2.56. The smallest absolute Gasteiger partial charge is 0.121 e. The Morgan fingerprint density at radius 2 is 1.94 bits per heavy atom. The largest absolute Gasteiger partial charge is 0.496 e. The van der Waals surface area contributed by atoms with E-state index in [2.05, 4.69) is 19.9 Å². The van der Waals surface area contributed by atoms with Crippen molar-refractivity contribution in [1.82, 2.24) is 0 Å². The quantitative estimate of drug-likeness (QED) is 0.853. The molecule has 1 aromatic carbocycles. The van der Waals surface area contributed by atoms with Crippen LogP contribution in [0.25, 0.3) is 0 Å². The fourth-order valence-corrected chi connectivity index (χ4v) is 1.16. The van der Waals surface area contributed by atoms with E-state index >= 15 is 0 Å². The lowest BCUT2D eigenvalue weighted by atomic mass is 10.1. The van der Waals surface area contributed by atoms with Gasteiger partial charge in [0.1, 0.15) is 5.75 Å². The molecule has 0 fully saturated rings. The average molecular weight is 224 g/mol.